The predicted molar refractivity (Wildman–Crippen MR) is 97.9 cm³/mol. The lowest BCUT2D eigenvalue weighted by atomic mass is 9.98. The number of carbonyl (C=O) groups is 2. The van der Waals surface area contributed by atoms with Crippen molar-refractivity contribution in [2.75, 3.05) is 14.2 Å². The normalized spacial score (nSPS) is 16.9. The van der Waals surface area contributed by atoms with Crippen molar-refractivity contribution in [1.82, 2.24) is 0 Å². The average molecular weight is 386 g/mol. The van der Waals surface area contributed by atoms with E-state index < -0.39 is 23.6 Å². The molecule has 0 fully saturated rings. The molecule has 1 atom stereocenters. The molecule has 8 heteroatoms. The fraction of sp³-hybridized carbons (Fsp3) is 0.200. The fourth-order valence-corrected chi connectivity index (χ4v) is 2.93. The van der Waals surface area contributed by atoms with Crippen LogP contribution in [0.2, 0.25) is 0 Å². The first-order valence-corrected chi connectivity index (χ1v) is 8.27. The monoisotopic (exact) mass is 386 g/mol. The summed E-state index contributed by atoms with van der Waals surface area (Å²) in [5.74, 6) is -2.19. The zero-order valence-electron chi connectivity index (χ0n) is 15.1. The van der Waals surface area contributed by atoms with Gasteiger partial charge in [-0.25, -0.2) is 4.79 Å². The maximum absolute atomic E-state index is 12.1. The van der Waals surface area contributed by atoms with Crippen LogP contribution < -0.4 is 4.74 Å². The van der Waals surface area contributed by atoms with Crippen molar-refractivity contribution in [2.24, 2.45) is 0 Å². The Morgan fingerprint density at radius 1 is 1.07 bits per heavy atom. The standard InChI is InChI=1S/C20H18O8/c1-26-16-8-12(22)7-15(28-20(16)25)13-9-14(23)17(18(24)19(13)27-2)10-3-5-11(21)6-4-10/h3-7,9,16,21,23-24H,8H2,1-2H3. The third-order valence-corrected chi connectivity index (χ3v) is 4.30. The number of aromatic hydroxyl groups is 3. The molecule has 1 heterocycles. The minimum atomic E-state index is -1.05. The number of allylic oxidation sites excluding steroid dienone is 1. The third-order valence-electron chi connectivity index (χ3n) is 4.30. The molecular weight excluding hydrogens is 368 g/mol. The van der Waals surface area contributed by atoms with Gasteiger partial charge >= 0.3 is 5.97 Å². The number of phenolic OH excluding ortho intramolecular Hbond substituents is 3. The Balaban J connectivity index is 2.14. The molecule has 3 N–H and O–H groups in total. The highest BCUT2D eigenvalue weighted by atomic mass is 16.6. The number of carbonyl (C=O) groups excluding carboxylic acids is 2. The van der Waals surface area contributed by atoms with E-state index in [1.54, 1.807) is 0 Å². The summed E-state index contributed by atoms with van der Waals surface area (Å²) >= 11 is 0. The van der Waals surface area contributed by atoms with Crippen LogP contribution in [-0.2, 0) is 19.1 Å². The van der Waals surface area contributed by atoms with Crippen LogP contribution in [0.5, 0.6) is 23.0 Å². The van der Waals surface area contributed by atoms with E-state index in [1.807, 2.05) is 0 Å². The van der Waals surface area contributed by atoms with E-state index in [0.29, 0.717) is 5.56 Å². The lowest BCUT2D eigenvalue weighted by Crippen LogP contribution is -2.25. The molecule has 8 nitrogen and oxygen atoms in total. The molecule has 1 unspecified atom stereocenters. The molecular formula is C20H18O8. The third kappa shape index (κ3) is 3.49. The van der Waals surface area contributed by atoms with Crippen molar-refractivity contribution < 1.29 is 39.1 Å². The molecule has 2 aromatic rings. The molecule has 0 aromatic heterocycles. The zero-order valence-corrected chi connectivity index (χ0v) is 15.1. The van der Waals surface area contributed by atoms with E-state index in [4.69, 9.17) is 14.2 Å². The summed E-state index contributed by atoms with van der Waals surface area (Å²) in [6.45, 7) is 0. The predicted octanol–water partition coefficient (Wildman–Crippen LogP) is 2.35. The minimum Gasteiger partial charge on any atom is -0.508 e. The second-order valence-corrected chi connectivity index (χ2v) is 6.07. The molecule has 2 aromatic carbocycles. The van der Waals surface area contributed by atoms with E-state index in [0.717, 1.165) is 6.08 Å². The Morgan fingerprint density at radius 3 is 2.36 bits per heavy atom. The molecule has 0 bridgehead atoms. The summed E-state index contributed by atoms with van der Waals surface area (Å²) in [5.41, 5.74) is 0.501. The lowest BCUT2D eigenvalue weighted by Gasteiger charge is -2.17. The van der Waals surface area contributed by atoms with Gasteiger partial charge in [0, 0.05) is 19.6 Å². The van der Waals surface area contributed by atoms with Gasteiger partial charge in [0.2, 0.25) is 0 Å². The van der Waals surface area contributed by atoms with Crippen LogP contribution in [0.4, 0.5) is 0 Å². The van der Waals surface area contributed by atoms with Gasteiger partial charge in [-0.3, -0.25) is 4.79 Å². The van der Waals surface area contributed by atoms with Gasteiger partial charge in [0.15, 0.2) is 23.4 Å². The quantitative estimate of drug-likeness (QED) is 0.685. The number of ketones is 1. The molecule has 0 saturated carbocycles. The van der Waals surface area contributed by atoms with Crippen molar-refractivity contribution in [3.8, 4) is 34.1 Å². The van der Waals surface area contributed by atoms with Crippen LogP contribution in [-0.4, -0.2) is 47.4 Å². The maximum Gasteiger partial charge on any atom is 0.341 e. The second-order valence-electron chi connectivity index (χ2n) is 6.07. The van der Waals surface area contributed by atoms with Gasteiger partial charge in [-0.05, 0) is 23.8 Å². The number of benzene rings is 2. The average Bonchev–Trinajstić information content (AvgIpc) is 2.80. The summed E-state index contributed by atoms with van der Waals surface area (Å²) in [7, 11) is 2.57. The van der Waals surface area contributed by atoms with Crippen molar-refractivity contribution in [3.63, 3.8) is 0 Å². The number of hydrogen-bond acceptors (Lipinski definition) is 8. The Bertz CT molecular complexity index is 959. The maximum atomic E-state index is 12.1. The summed E-state index contributed by atoms with van der Waals surface area (Å²) in [5, 5.41) is 30.6. The highest BCUT2D eigenvalue weighted by Gasteiger charge is 2.31. The van der Waals surface area contributed by atoms with Gasteiger partial charge in [0.05, 0.1) is 18.2 Å². The first kappa shape index (κ1) is 19.2. The topological polar surface area (TPSA) is 123 Å². The largest absolute Gasteiger partial charge is 0.508 e. The molecule has 0 radical (unpaired) electrons. The fourth-order valence-electron chi connectivity index (χ4n) is 2.93. The first-order valence-electron chi connectivity index (χ1n) is 8.27. The van der Waals surface area contributed by atoms with E-state index in [2.05, 4.69) is 0 Å². The highest BCUT2D eigenvalue weighted by Crippen LogP contribution is 2.48. The highest BCUT2D eigenvalue weighted by molar-refractivity contribution is 6.03. The van der Waals surface area contributed by atoms with E-state index in [1.165, 1.54) is 44.6 Å². The number of phenols is 3. The van der Waals surface area contributed by atoms with Gasteiger partial charge < -0.3 is 29.5 Å². The van der Waals surface area contributed by atoms with E-state index >= 15 is 0 Å². The molecule has 28 heavy (non-hydrogen) atoms. The Hall–Kier alpha value is -3.52. The summed E-state index contributed by atoms with van der Waals surface area (Å²) in [6, 6.07) is 7.02. The van der Waals surface area contributed by atoms with Gasteiger partial charge in [0.25, 0.3) is 0 Å². The number of esters is 1. The number of hydrogen-bond donors (Lipinski definition) is 3. The van der Waals surface area contributed by atoms with E-state index in [9.17, 15) is 24.9 Å². The number of methoxy groups -OCH3 is 2. The number of rotatable bonds is 4. The van der Waals surface area contributed by atoms with Gasteiger partial charge in [-0.2, -0.15) is 0 Å². The minimum absolute atomic E-state index is 0.0213. The summed E-state index contributed by atoms with van der Waals surface area (Å²) < 4.78 is 15.4. The lowest BCUT2D eigenvalue weighted by molar-refractivity contribution is -0.149. The molecule has 146 valence electrons. The van der Waals surface area contributed by atoms with Crippen molar-refractivity contribution in [1.29, 1.82) is 0 Å². The molecule has 0 saturated heterocycles. The zero-order chi connectivity index (χ0) is 20.4. The molecule has 0 aliphatic carbocycles. The smallest absolute Gasteiger partial charge is 0.341 e. The van der Waals surface area contributed by atoms with Crippen molar-refractivity contribution in [2.45, 2.75) is 12.5 Å². The summed E-state index contributed by atoms with van der Waals surface area (Å²) in [6.07, 6.45) is -0.149. The Labute approximate surface area is 160 Å². The SMILES string of the molecule is COc1c(C2=CC(=O)CC(OC)C(=O)O2)cc(O)c(-c2ccc(O)cc2)c1O. The van der Waals surface area contributed by atoms with Crippen LogP contribution in [0.25, 0.3) is 16.9 Å². The Morgan fingerprint density at radius 2 is 1.75 bits per heavy atom. The molecule has 3 rings (SSSR count). The van der Waals surface area contributed by atoms with Gasteiger partial charge in [-0.1, -0.05) is 12.1 Å². The summed E-state index contributed by atoms with van der Waals surface area (Å²) in [4.78, 5) is 24.2. The van der Waals surface area contributed by atoms with Crippen LogP contribution >= 0.6 is 0 Å². The van der Waals surface area contributed by atoms with Crippen molar-refractivity contribution >= 4 is 17.5 Å². The van der Waals surface area contributed by atoms with Gasteiger partial charge in [0.1, 0.15) is 17.3 Å². The van der Waals surface area contributed by atoms with Crippen LogP contribution in [0.15, 0.2) is 36.4 Å². The second kappa shape index (κ2) is 7.61. The molecule has 1 aliphatic rings. The number of ether oxygens (including phenoxy) is 3. The van der Waals surface area contributed by atoms with Crippen LogP contribution in [0.3, 0.4) is 0 Å². The molecule has 1 aliphatic heterocycles. The molecule has 0 amide bonds. The van der Waals surface area contributed by atoms with Crippen LogP contribution in [0, 0.1) is 0 Å². The van der Waals surface area contributed by atoms with Gasteiger partial charge in [-0.15, -0.1) is 0 Å². The Kier molecular flexibility index (Phi) is 5.23. The first-order chi connectivity index (χ1) is 13.3. The van der Waals surface area contributed by atoms with E-state index in [-0.39, 0.29) is 40.6 Å². The van der Waals surface area contributed by atoms with Crippen LogP contribution in [0.1, 0.15) is 12.0 Å². The number of cyclic esters (lactones) is 1. The molecule has 0 spiro atoms. The van der Waals surface area contributed by atoms with Crippen molar-refractivity contribution in [3.05, 3.63) is 42.0 Å².